The molecular weight excluding hydrogens is 194 g/mol. The molecule has 14 heavy (non-hydrogen) atoms. The molecule has 0 N–H and O–H groups in total. The summed E-state index contributed by atoms with van der Waals surface area (Å²) in [7, 11) is 0. The van der Waals surface area contributed by atoms with Gasteiger partial charge in [0.2, 0.25) is 5.12 Å². The zero-order valence-corrected chi connectivity index (χ0v) is 8.75. The van der Waals surface area contributed by atoms with Crippen LogP contribution in [0.1, 0.15) is 12.5 Å². The first-order chi connectivity index (χ1) is 6.77. The Hall–Kier alpha value is -1.09. The van der Waals surface area contributed by atoms with Gasteiger partial charge >= 0.3 is 0 Å². The maximum atomic E-state index is 11.2. The van der Waals surface area contributed by atoms with Gasteiger partial charge in [-0.05, 0) is 12.5 Å². The van der Waals surface area contributed by atoms with E-state index >= 15 is 0 Å². The van der Waals surface area contributed by atoms with Crippen LogP contribution < -0.4 is 0 Å². The van der Waals surface area contributed by atoms with Crippen LogP contribution in [0, 0.1) is 0 Å². The summed E-state index contributed by atoms with van der Waals surface area (Å²) in [5.74, 6) is 0.702. The van der Waals surface area contributed by atoms with Crippen LogP contribution in [0.2, 0.25) is 0 Å². The van der Waals surface area contributed by atoms with Gasteiger partial charge in [0.25, 0.3) is 0 Å². The van der Waals surface area contributed by atoms with Crippen LogP contribution >= 0.6 is 11.8 Å². The molecule has 2 rings (SSSR count). The second-order valence-electron chi connectivity index (χ2n) is 3.23. The van der Waals surface area contributed by atoms with Gasteiger partial charge in [-0.3, -0.25) is 9.79 Å². The second-order valence-corrected chi connectivity index (χ2v) is 4.21. The Bertz CT molecular complexity index is 372. The van der Waals surface area contributed by atoms with E-state index in [0.29, 0.717) is 5.75 Å². The Labute approximate surface area is 87.4 Å². The van der Waals surface area contributed by atoms with Gasteiger partial charge in [-0.1, -0.05) is 42.1 Å². The van der Waals surface area contributed by atoms with Gasteiger partial charge in [0, 0.05) is 5.75 Å². The van der Waals surface area contributed by atoms with Crippen molar-refractivity contribution in [2.24, 2.45) is 4.99 Å². The molecule has 1 aromatic carbocycles. The van der Waals surface area contributed by atoms with E-state index < -0.39 is 0 Å². The Morgan fingerprint density at radius 3 is 2.71 bits per heavy atom. The molecular formula is C11H11NOS. The SMILES string of the molecule is C[C@@H]1N=C(c2ccccc2)CSC1=O. The van der Waals surface area contributed by atoms with Crippen LogP contribution in [0.25, 0.3) is 0 Å². The van der Waals surface area contributed by atoms with Gasteiger partial charge < -0.3 is 0 Å². The van der Waals surface area contributed by atoms with E-state index in [1.165, 1.54) is 11.8 Å². The normalized spacial score (nSPS) is 21.9. The number of carbonyl (C=O) groups is 1. The molecule has 2 nitrogen and oxygen atoms in total. The van der Waals surface area contributed by atoms with Crippen LogP contribution in [0.3, 0.4) is 0 Å². The van der Waals surface area contributed by atoms with Crippen molar-refractivity contribution >= 4 is 22.6 Å². The van der Waals surface area contributed by atoms with Gasteiger partial charge in [-0.15, -0.1) is 0 Å². The van der Waals surface area contributed by atoms with Crippen molar-refractivity contribution in [1.29, 1.82) is 0 Å². The second kappa shape index (κ2) is 3.96. The Morgan fingerprint density at radius 2 is 2.07 bits per heavy atom. The number of hydrogen-bond donors (Lipinski definition) is 0. The summed E-state index contributed by atoms with van der Waals surface area (Å²) in [6.07, 6.45) is 0. The highest BCUT2D eigenvalue weighted by Crippen LogP contribution is 2.18. The van der Waals surface area contributed by atoms with Crippen LogP contribution in [0.4, 0.5) is 0 Å². The lowest BCUT2D eigenvalue weighted by Crippen LogP contribution is -2.22. The number of benzene rings is 1. The van der Waals surface area contributed by atoms with Crippen molar-refractivity contribution in [2.75, 3.05) is 5.75 Å². The minimum Gasteiger partial charge on any atom is -0.285 e. The lowest BCUT2D eigenvalue weighted by Gasteiger charge is -2.15. The van der Waals surface area contributed by atoms with Gasteiger partial charge in [0.1, 0.15) is 6.04 Å². The highest BCUT2D eigenvalue weighted by molar-refractivity contribution is 8.14. The van der Waals surface area contributed by atoms with Gasteiger partial charge in [0.15, 0.2) is 0 Å². The first-order valence-corrected chi connectivity index (χ1v) is 5.54. The van der Waals surface area contributed by atoms with Gasteiger partial charge in [0.05, 0.1) is 5.71 Å². The van der Waals surface area contributed by atoms with Crippen molar-refractivity contribution in [1.82, 2.24) is 0 Å². The molecule has 0 saturated carbocycles. The maximum absolute atomic E-state index is 11.2. The first-order valence-electron chi connectivity index (χ1n) is 4.56. The molecule has 72 valence electrons. The standard InChI is InChI=1S/C11H11NOS/c1-8-11(13)14-7-10(12-8)9-5-3-2-4-6-9/h2-6,8H,7H2,1H3/t8-/m0/s1. The number of rotatable bonds is 1. The van der Waals surface area contributed by atoms with Gasteiger partial charge in [-0.2, -0.15) is 0 Å². The zero-order chi connectivity index (χ0) is 9.97. The molecule has 1 atom stereocenters. The highest BCUT2D eigenvalue weighted by Gasteiger charge is 2.20. The van der Waals surface area contributed by atoms with Crippen LogP contribution in [-0.4, -0.2) is 22.6 Å². The third kappa shape index (κ3) is 1.87. The molecule has 1 aliphatic heterocycles. The lowest BCUT2D eigenvalue weighted by atomic mass is 10.1. The summed E-state index contributed by atoms with van der Waals surface area (Å²) in [5.41, 5.74) is 2.15. The van der Waals surface area contributed by atoms with Crippen LogP contribution in [0.5, 0.6) is 0 Å². The lowest BCUT2D eigenvalue weighted by molar-refractivity contribution is -0.111. The monoisotopic (exact) mass is 205 g/mol. The third-order valence-electron chi connectivity index (χ3n) is 2.15. The summed E-state index contributed by atoms with van der Waals surface area (Å²) in [5, 5.41) is 0.171. The molecule has 0 fully saturated rings. The number of thioether (sulfide) groups is 1. The summed E-state index contributed by atoms with van der Waals surface area (Å²) >= 11 is 1.36. The van der Waals surface area contributed by atoms with E-state index in [-0.39, 0.29) is 11.2 Å². The fourth-order valence-electron chi connectivity index (χ4n) is 1.37. The summed E-state index contributed by atoms with van der Waals surface area (Å²) in [4.78, 5) is 15.6. The fourth-order valence-corrected chi connectivity index (χ4v) is 2.19. The molecule has 1 aliphatic rings. The number of carbonyl (C=O) groups excluding carboxylic acids is 1. The topological polar surface area (TPSA) is 29.4 Å². The van der Waals surface area contributed by atoms with Crippen LogP contribution in [0.15, 0.2) is 35.3 Å². The Kier molecular flexibility index (Phi) is 2.68. The summed E-state index contributed by atoms with van der Waals surface area (Å²) in [6, 6.07) is 9.83. The smallest absolute Gasteiger partial charge is 0.213 e. The molecule has 0 aliphatic carbocycles. The van der Waals surface area contributed by atoms with E-state index in [0.717, 1.165) is 11.3 Å². The molecule has 0 unspecified atom stereocenters. The quantitative estimate of drug-likeness (QED) is 0.703. The molecule has 0 amide bonds. The number of nitrogens with zero attached hydrogens (tertiary/aromatic N) is 1. The molecule has 1 aromatic rings. The van der Waals surface area contributed by atoms with E-state index in [2.05, 4.69) is 4.99 Å². The average molecular weight is 205 g/mol. The zero-order valence-electron chi connectivity index (χ0n) is 7.93. The molecule has 0 aromatic heterocycles. The minimum atomic E-state index is -0.191. The summed E-state index contributed by atoms with van der Waals surface area (Å²) in [6.45, 7) is 1.84. The Balaban J connectivity index is 2.29. The molecule has 1 heterocycles. The van der Waals surface area contributed by atoms with Crippen molar-refractivity contribution < 1.29 is 4.79 Å². The first kappa shape index (κ1) is 9.46. The molecule has 0 radical (unpaired) electrons. The van der Waals surface area contributed by atoms with E-state index in [1.807, 2.05) is 37.3 Å². The minimum absolute atomic E-state index is 0.171. The summed E-state index contributed by atoms with van der Waals surface area (Å²) < 4.78 is 0. The molecule has 0 bridgehead atoms. The predicted octanol–water partition coefficient (Wildman–Crippen LogP) is 2.14. The van der Waals surface area contributed by atoms with Crippen molar-refractivity contribution in [3.63, 3.8) is 0 Å². The molecule has 3 heteroatoms. The molecule has 0 saturated heterocycles. The van der Waals surface area contributed by atoms with Crippen molar-refractivity contribution in [3.8, 4) is 0 Å². The fraction of sp³-hybridized carbons (Fsp3) is 0.273. The van der Waals surface area contributed by atoms with E-state index in [1.54, 1.807) is 0 Å². The third-order valence-corrected chi connectivity index (χ3v) is 3.19. The average Bonchev–Trinajstić information content (AvgIpc) is 2.23. The number of hydrogen-bond acceptors (Lipinski definition) is 3. The van der Waals surface area contributed by atoms with Crippen molar-refractivity contribution in [2.45, 2.75) is 13.0 Å². The predicted molar refractivity (Wildman–Crippen MR) is 59.9 cm³/mol. The maximum Gasteiger partial charge on any atom is 0.213 e. The molecule has 0 spiro atoms. The highest BCUT2D eigenvalue weighted by atomic mass is 32.2. The van der Waals surface area contributed by atoms with E-state index in [4.69, 9.17) is 0 Å². The van der Waals surface area contributed by atoms with Crippen molar-refractivity contribution in [3.05, 3.63) is 35.9 Å². The van der Waals surface area contributed by atoms with Gasteiger partial charge in [-0.25, -0.2) is 0 Å². The number of aliphatic imine (C=N–C) groups is 1. The van der Waals surface area contributed by atoms with Crippen LogP contribution in [-0.2, 0) is 4.79 Å². The Morgan fingerprint density at radius 1 is 1.36 bits per heavy atom. The largest absolute Gasteiger partial charge is 0.285 e. The van der Waals surface area contributed by atoms with E-state index in [9.17, 15) is 4.79 Å².